The fourth-order valence-corrected chi connectivity index (χ4v) is 1.45. The molecule has 0 atom stereocenters. The third-order valence-corrected chi connectivity index (χ3v) is 3.02. The molecular formula is C7H7N3O2S. The quantitative estimate of drug-likeness (QED) is 0.673. The Morgan fingerprint density at radius 2 is 2.23 bits per heavy atom. The molecule has 0 unspecified atom stereocenters. The molecule has 68 valence electrons. The Labute approximate surface area is 76.0 Å². The maximum Gasteiger partial charge on any atom is 0.196 e. The lowest BCUT2D eigenvalue weighted by Gasteiger charge is -1.98. The van der Waals surface area contributed by atoms with Gasteiger partial charge in [-0.1, -0.05) is 6.92 Å². The molecule has 0 amide bonds. The van der Waals surface area contributed by atoms with E-state index >= 15 is 0 Å². The van der Waals surface area contributed by atoms with Crippen molar-refractivity contribution in [1.82, 2.24) is 9.97 Å². The minimum atomic E-state index is -3.36. The van der Waals surface area contributed by atoms with Gasteiger partial charge in [-0.2, -0.15) is 5.26 Å². The standard InChI is InChI=1S/C7H7N3O2S/c1-2-13(11,12)7-5-9-4-6(3-8)10-7/h4-5H,2H2,1H3. The Morgan fingerprint density at radius 1 is 1.54 bits per heavy atom. The van der Waals surface area contributed by atoms with Crippen molar-refractivity contribution in [3.8, 4) is 6.07 Å². The summed E-state index contributed by atoms with van der Waals surface area (Å²) < 4.78 is 22.5. The van der Waals surface area contributed by atoms with Crippen LogP contribution in [0.2, 0.25) is 0 Å². The number of hydrogen-bond donors (Lipinski definition) is 0. The molecule has 0 radical (unpaired) electrons. The van der Waals surface area contributed by atoms with Crippen LogP contribution in [0.15, 0.2) is 17.4 Å². The molecule has 0 aliphatic rings. The summed E-state index contributed by atoms with van der Waals surface area (Å²) in [7, 11) is -3.36. The van der Waals surface area contributed by atoms with Crippen LogP contribution >= 0.6 is 0 Å². The van der Waals surface area contributed by atoms with Gasteiger partial charge in [0.15, 0.2) is 20.6 Å². The topological polar surface area (TPSA) is 83.7 Å². The first-order valence-electron chi connectivity index (χ1n) is 3.55. The molecule has 0 bridgehead atoms. The van der Waals surface area contributed by atoms with Crippen molar-refractivity contribution in [3.05, 3.63) is 18.1 Å². The van der Waals surface area contributed by atoms with Gasteiger partial charge in [0, 0.05) is 0 Å². The summed E-state index contributed by atoms with van der Waals surface area (Å²) in [5, 5.41) is 8.31. The van der Waals surface area contributed by atoms with Crippen LogP contribution in [0, 0.1) is 11.3 Å². The molecule has 0 saturated carbocycles. The first-order valence-corrected chi connectivity index (χ1v) is 5.20. The minimum Gasteiger partial charge on any atom is -0.259 e. The maximum absolute atomic E-state index is 11.3. The molecule has 0 aliphatic heterocycles. The molecule has 1 heterocycles. The normalized spacial score (nSPS) is 10.8. The Balaban J connectivity index is 3.27. The summed E-state index contributed by atoms with van der Waals surface area (Å²) in [5.41, 5.74) is 0.00882. The van der Waals surface area contributed by atoms with E-state index in [-0.39, 0.29) is 16.5 Å². The van der Waals surface area contributed by atoms with Crippen LogP contribution in [0.4, 0.5) is 0 Å². The minimum absolute atomic E-state index is 0.00882. The third kappa shape index (κ3) is 2.00. The Hall–Kier alpha value is -1.48. The number of aromatic nitrogens is 2. The Morgan fingerprint density at radius 3 is 2.77 bits per heavy atom. The van der Waals surface area contributed by atoms with E-state index in [2.05, 4.69) is 9.97 Å². The highest BCUT2D eigenvalue weighted by Gasteiger charge is 2.13. The zero-order valence-corrected chi connectivity index (χ0v) is 7.74. The monoisotopic (exact) mass is 197 g/mol. The second kappa shape index (κ2) is 3.49. The van der Waals surface area contributed by atoms with Crippen molar-refractivity contribution in [1.29, 1.82) is 5.26 Å². The van der Waals surface area contributed by atoms with Crippen LogP contribution in [0.3, 0.4) is 0 Å². The fraction of sp³-hybridized carbons (Fsp3) is 0.286. The van der Waals surface area contributed by atoms with Crippen LogP contribution in [-0.4, -0.2) is 24.1 Å². The van der Waals surface area contributed by atoms with E-state index in [9.17, 15) is 8.42 Å². The Bertz CT molecular complexity index is 447. The summed E-state index contributed by atoms with van der Waals surface area (Å²) in [6.07, 6.45) is 2.36. The highest BCUT2D eigenvalue weighted by atomic mass is 32.2. The van der Waals surface area contributed by atoms with Gasteiger partial charge < -0.3 is 0 Å². The summed E-state index contributed by atoms with van der Waals surface area (Å²) in [4.78, 5) is 7.23. The predicted molar refractivity (Wildman–Crippen MR) is 44.5 cm³/mol. The summed E-state index contributed by atoms with van der Waals surface area (Å²) >= 11 is 0. The van der Waals surface area contributed by atoms with E-state index in [4.69, 9.17) is 5.26 Å². The fourth-order valence-electron chi connectivity index (χ4n) is 0.700. The van der Waals surface area contributed by atoms with Gasteiger partial charge in [-0.3, -0.25) is 4.98 Å². The second-order valence-electron chi connectivity index (χ2n) is 2.26. The van der Waals surface area contributed by atoms with E-state index in [1.165, 1.54) is 13.1 Å². The molecule has 0 aliphatic carbocycles. The molecule has 0 spiro atoms. The molecule has 6 heteroatoms. The van der Waals surface area contributed by atoms with Crippen molar-refractivity contribution in [3.63, 3.8) is 0 Å². The average molecular weight is 197 g/mol. The van der Waals surface area contributed by atoms with Crippen LogP contribution in [0.25, 0.3) is 0 Å². The molecule has 0 fully saturated rings. The molecule has 5 nitrogen and oxygen atoms in total. The lowest BCUT2D eigenvalue weighted by atomic mass is 10.5. The number of nitrogens with zero attached hydrogens (tertiary/aromatic N) is 3. The van der Waals surface area contributed by atoms with Crippen LogP contribution in [-0.2, 0) is 9.84 Å². The highest BCUT2D eigenvalue weighted by Crippen LogP contribution is 2.05. The van der Waals surface area contributed by atoms with E-state index in [0.29, 0.717) is 0 Å². The SMILES string of the molecule is CCS(=O)(=O)c1cncc(C#N)n1. The van der Waals surface area contributed by atoms with Crippen molar-refractivity contribution < 1.29 is 8.42 Å². The van der Waals surface area contributed by atoms with Gasteiger partial charge in [-0.25, -0.2) is 13.4 Å². The van der Waals surface area contributed by atoms with Gasteiger partial charge in [-0.15, -0.1) is 0 Å². The maximum atomic E-state index is 11.3. The van der Waals surface area contributed by atoms with Gasteiger partial charge in [0.25, 0.3) is 0 Å². The lowest BCUT2D eigenvalue weighted by Crippen LogP contribution is -2.07. The molecule has 0 aromatic carbocycles. The number of nitriles is 1. The zero-order valence-electron chi connectivity index (χ0n) is 6.93. The van der Waals surface area contributed by atoms with Crippen molar-refractivity contribution >= 4 is 9.84 Å². The van der Waals surface area contributed by atoms with Gasteiger partial charge >= 0.3 is 0 Å². The summed E-state index contributed by atoms with van der Waals surface area (Å²) in [5.74, 6) is -0.0451. The highest BCUT2D eigenvalue weighted by molar-refractivity contribution is 7.91. The zero-order chi connectivity index (χ0) is 9.90. The molecule has 0 saturated heterocycles. The van der Waals surface area contributed by atoms with Crippen LogP contribution < -0.4 is 0 Å². The first kappa shape index (κ1) is 9.61. The smallest absolute Gasteiger partial charge is 0.196 e. The van der Waals surface area contributed by atoms with Crippen molar-refractivity contribution in [2.45, 2.75) is 11.9 Å². The molecule has 0 N–H and O–H groups in total. The number of hydrogen-bond acceptors (Lipinski definition) is 5. The van der Waals surface area contributed by atoms with Gasteiger partial charge in [0.05, 0.1) is 18.1 Å². The van der Waals surface area contributed by atoms with Gasteiger partial charge in [0.2, 0.25) is 0 Å². The van der Waals surface area contributed by atoms with Crippen molar-refractivity contribution in [2.24, 2.45) is 0 Å². The lowest BCUT2D eigenvalue weighted by molar-refractivity contribution is 0.592. The van der Waals surface area contributed by atoms with Gasteiger partial charge in [0.1, 0.15) is 6.07 Å². The van der Waals surface area contributed by atoms with E-state index in [0.717, 1.165) is 6.20 Å². The predicted octanol–water partition coefficient (Wildman–Crippen LogP) is 0.142. The van der Waals surface area contributed by atoms with Crippen molar-refractivity contribution in [2.75, 3.05) is 5.75 Å². The summed E-state index contributed by atoms with van der Waals surface area (Å²) in [6, 6.07) is 1.73. The first-order chi connectivity index (χ1) is 6.10. The molecule has 13 heavy (non-hydrogen) atoms. The Kier molecular flexibility index (Phi) is 2.58. The van der Waals surface area contributed by atoms with E-state index in [1.54, 1.807) is 6.07 Å². The van der Waals surface area contributed by atoms with Crippen LogP contribution in [0.1, 0.15) is 12.6 Å². The molecule has 1 aromatic heterocycles. The van der Waals surface area contributed by atoms with Crippen LogP contribution in [0.5, 0.6) is 0 Å². The third-order valence-electron chi connectivity index (χ3n) is 1.43. The molecule has 1 aromatic rings. The average Bonchev–Trinajstić information content (AvgIpc) is 2.18. The molecule has 1 rings (SSSR count). The molecular weight excluding hydrogens is 190 g/mol. The van der Waals surface area contributed by atoms with Gasteiger partial charge in [-0.05, 0) is 0 Å². The number of rotatable bonds is 2. The van der Waals surface area contributed by atoms with E-state index < -0.39 is 9.84 Å². The second-order valence-corrected chi connectivity index (χ2v) is 4.48. The largest absolute Gasteiger partial charge is 0.259 e. The summed E-state index contributed by atoms with van der Waals surface area (Å²) in [6.45, 7) is 1.51. The number of sulfone groups is 1. The van der Waals surface area contributed by atoms with E-state index in [1.807, 2.05) is 0 Å².